The molecule has 0 amide bonds. The third-order valence-corrected chi connectivity index (χ3v) is 3.98. The molecule has 2 heteroatoms. The van der Waals surface area contributed by atoms with Crippen molar-refractivity contribution in [1.82, 2.24) is 4.98 Å². The summed E-state index contributed by atoms with van der Waals surface area (Å²) in [7, 11) is 0. The number of nitrogens with zero attached hydrogens (tertiary/aromatic N) is 1. The molecular weight excluding hydrogens is 214 g/mol. The number of aromatic nitrogens is 1. The maximum Gasteiger partial charge on any atom is 0.0555 e. The molecule has 0 bridgehead atoms. The highest BCUT2D eigenvalue weighted by Crippen LogP contribution is 2.24. The normalized spacial score (nSPS) is 11.1. The van der Waals surface area contributed by atoms with Crippen molar-refractivity contribution in [2.24, 2.45) is 0 Å². The van der Waals surface area contributed by atoms with Crippen LogP contribution in [0.2, 0.25) is 0 Å². The van der Waals surface area contributed by atoms with E-state index in [1.54, 1.807) is 11.3 Å². The van der Waals surface area contributed by atoms with E-state index in [-0.39, 0.29) is 0 Å². The first-order valence-electron chi connectivity index (χ1n) is 6.15. The van der Waals surface area contributed by atoms with Crippen LogP contribution >= 0.6 is 11.3 Å². The molecule has 0 fully saturated rings. The minimum absolute atomic E-state index is 1.13. The van der Waals surface area contributed by atoms with E-state index in [1.165, 1.54) is 47.2 Å². The number of thiophene rings is 1. The monoisotopic (exact) mass is 233 g/mol. The summed E-state index contributed by atoms with van der Waals surface area (Å²) in [5, 5.41) is 3.52. The number of rotatable bonds is 5. The Morgan fingerprint density at radius 2 is 2.12 bits per heavy atom. The van der Waals surface area contributed by atoms with Crippen molar-refractivity contribution < 1.29 is 0 Å². The Labute approximate surface area is 102 Å². The molecule has 16 heavy (non-hydrogen) atoms. The largest absolute Gasteiger partial charge is 0.257 e. The molecule has 2 aromatic rings. The molecule has 0 spiro atoms. The number of hydrogen-bond donors (Lipinski definition) is 0. The zero-order valence-electron chi connectivity index (χ0n) is 10.1. The molecule has 0 atom stereocenters. The Morgan fingerprint density at radius 1 is 1.25 bits per heavy atom. The lowest BCUT2D eigenvalue weighted by Crippen LogP contribution is -1.92. The molecule has 0 saturated heterocycles. The maximum absolute atomic E-state index is 4.68. The van der Waals surface area contributed by atoms with Gasteiger partial charge in [-0.05, 0) is 42.7 Å². The van der Waals surface area contributed by atoms with Gasteiger partial charge in [0.1, 0.15) is 0 Å². The first kappa shape index (κ1) is 11.6. The van der Waals surface area contributed by atoms with Crippen molar-refractivity contribution in [2.45, 2.75) is 46.0 Å². The second kappa shape index (κ2) is 5.44. The molecule has 0 aliphatic rings. The summed E-state index contributed by atoms with van der Waals surface area (Å²) < 4.78 is 1.34. The molecule has 0 radical (unpaired) electrons. The van der Waals surface area contributed by atoms with Crippen LogP contribution in [-0.4, -0.2) is 4.98 Å². The zero-order chi connectivity index (χ0) is 11.4. The van der Waals surface area contributed by atoms with E-state index in [4.69, 9.17) is 0 Å². The molecule has 2 aromatic heterocycles. The van der Waals surface area contributed by atoms with Crippen molar-refractivity contribution in [3.63, 3.8) is 0 Å². The summed E-state index contributed by atoms with van der Waals surface area (Å²) in [6, 6.07) is 4.45. The molecule has 0 aliphatic carbocycles. The average molecular weight is 233 g/mol. The number of fused-ring (bicyclic) bond motifs is 1. The molecule has 0 aromatic carbocycles. The van der Waals surface area contributed by atoms with Gasteiger partial charge in [0.25, 0.3) is 0 Å². The van der Waals surface area contributed by atoms with Gasteiger partial charge in [0.2, 0.25) is 0 Å². The summed E-state index contributed by atoms with van der Waals surface area (Å²) >= 11 is 1.79. The van der Waals surface area contributed by atoms with Gasteiger partial charge >= 0.3 is 0 Å². The van der Waals surface area contributed by atoms with E-state index < -0.39 is 0 Å². The summed E-state index contributed by atoms with van der Waals surface area (Å²) in [6.45, 7) is 4.37. The van der Waals surface area contributed by atoms with Gasteiger partial charge in [0.15, 0.2) is 0 Å². The van der Waals surface area contributed by atoms with Crippen molar-refractivity contribution in [1.29, 1.82) is 0 Å². The molecule has 0 N–H and O–H groups in total. The van der Waals surface area contributed by atoms with E-state index in [1.807, 2.05) is 0 Å². The summed E-state index contributed by atoms with van der Waals surface area (Å²) in [5.74, 6) is 0. The van der Waals surface area contributed by atoms with Gasteiger partial charge in [-0.3, -0.25) is 4.98 Å². The van der Waals surface area contributed by atoms with Gasteiger partial charge in [0.05, 0.1) is 10.4 Å². The average Bonchev–Trinajstić information content (AvgIpc) is 2.73. The standard InChI is InChI=1S/C14H19NS/c1-3-4-5-6-7-13-10-12-8-9-16-14(12)11(2)15-13/h8-10H,3-7H2,1-2H3. The molecule has 0 saturated carbocycles. The van der Waals surface area contributed by atoms with Crippen LogP contribution in [0.25, 0.3) is 10.1 Å². The highest BCUT2D eigenvalue weighted by molar-refractivity contribution is 7.17. The SMILES string of the molecule is CCCCCCc1cc2ccsc2c(C)n1. The van der Waals surface area contributed by atoms with Crippen molar-refractivity contribution in [3.05, 3.63) is 28.9 Å². The Hall–Kier alpha value is -0.890. The maximum atomic E-state index is 4.68. The van der Waals surface area contributed by atoms with Crippen LogP contribution in [0, 0.1) is 6.92 Å². The molecule has 86 valence electrons. The molecular formula is C14H19NS. The van der Waals surface area contributed by atoms with Crippen LogP contribution in [0.4, 0.5) is 0 Å². The van der Waals surface area contributed by atoms with Gasteiger partial charge in [-0.15, -0.1) is 11.3 Å². The molecule has 1 nitrogen and oxygen atoms in total. The lowest BCUT2D eigenvalue weighted by molar-refractivity contribution is 0.660. The predicted octanol–water partition coefficient (Wildman–Crippen LogP) is 4.73. The first-order valence-corrected chi connectivity index (χ1v) is 7.03. The van der Waals surface area contributed by atoms with Gasteiger partial charge in [-0.25, -0.2) is 0 Å². The van der Waals surface area contributed by atoms with Crippen LogP contribution in [0.1, 0.15) is 44.0 Å². The number of unbranched alkanes of at least 4 members (excludes halogenated alkanes) is 3. The molecule has 0 unspecified atom stereocenters. The smallest absolute Gasteiger partial charge is 0.0555 e. The topological polar surface area (TPSA) is 12.9 Å². The molecule has 2 rings (SSSR count). The third-order valence-electron chi connectivity index (χ3n) is 2.94. The molecule has 0 aliphatic heterocycles. The number of aryl methyl sites for hydroxylation is 2. The summed E-state index contributed by atoms with van der Waals surface area (Å²) in [5.41, 5.74) is 2.46. The Morgan fingerprint density at radius 3 is 2.94 bits per heavy atom. The predicted molar refractivity (Wildman–Crippen MR) is 72.2 cm³/mol. The minimum Gasteiger partial charge on any atom is -0.257 e. The fraction of sp³-hybridized carbons (Fsp3) is 0.500. The van der Waals surface area contributed by atoms with Crippen LogP contribution in [0.15, 0.2) is 17.5 Å². The van der Waals surface area contributed by atoms with Crippen molar-refractivity contribution in [3.8, 4) is 0 Å². The number of hydrogen-bond acceptors (Lipinski definition) is 2. The highest BCUT2D eigenvalue weighted by Gasteiger charge is 2.03. The Bertz CT molecular complexity index is 459. The second-order valence-electron chi connectivity index (χ2n) is 4.35. The van der Waals surface area contributed by atoms with Gasteiger partial charge in [-0.2, -0.15) is 0 Å². The number of pyridine rings is 1. The second-order valence-corrected chi connectivity index (χ2v) is 5.26. The van der Waals surface area contributed by atoms with Crippen molar-refractivity contribution in [2.75, 3.05) is 0 Å². The van der Waals surface area contributed by atoms with E-state index >= 15 is 0 Å². The fourth-order valence-corrected chi connectivity index (χ4v) is 2.90. The van der Waals surface area contributed by atoms with Crippen molar-refractivity contribution >= 4 is 21.4 Å². The third kappa shape index (κ3) is 2.62. The van der Waals surface area contributed by atoms with Gasteiger partial charge in [-0.1, -0.05) is 26.2 Å². The lowest BCUT2D eigenvalue weighted by Gasteiger charge is -2.03. The van der Waals surface area contributed by atoms with E-state index in [2.05, 4.69) is 36.3 Å². The highest BCUT2D eigenvalue weighted by atomic mass is 32.1. The van der Waals surface area contributed by atoms with Gasteiger partial charge < -0.3 is 0 Å². The zero-order valence-corrected chi connectivity index (χ0v) is 10.9. The summed E-state index contributed by atoms with van der Waals surface area (Å²) in [6.07, 6.45) is 6.39. The molecule has 2 heterocycles. The fourth-order valence-electron chi connectivity index (χ4n) is 2.07. The summed E-state index contributed by atoms with van der Waals surface area (Å²) in [4.78, 5) is 4.68. The minimum atomic E-state index is 1.13. The Kier molecular flexibility index (Phi) is 3.94. The van der Waals surface area contributed by atoms with Crippen LogP contribution in [-0.2, 0) is 6.42 Å². The van der Waals surface area contributed by atoms with Crippen LogP contribution in [0.5, 0.6) is 0 Å². The van der Waals surface area contributed by atoms with Crippen LogP contribution in [0.3, 0.4) is 0 Å². The Balaban J connectivity index is 2.06. The van der Waals surface area contributed by atoms with E-state index in [9.17, 15) is 0 Å². The first-order chi connectivity index (χ1) is 7.81. The van der Waals surface area contributed by atoms with Crippen LogP contribution < -0.4 is 0 Å². The van der Waals surface area contributed by atoms with E-state index in [0.717, 1.165) is 6.42 Å². The van der Waals surface area contributed by atoms with Gasteiger partial charge in [0, 0.05) is 5.69 Å². The lowest BCUT2D eigenvalue weighted by atomic mass is 10.1. The van der Waals surface area contributed by atoms with E-state index in [0.29, 0.717) is 0 Å². The quantitative estimate of drug-likeness (QED) is 0.680.